The molecule has 0 N–H and O–H groups in total. The molecular formula is C31H42N2O5. The highest BCUT2D eigenvalue weighted by molar-refractivity contribution is 5.98. The Morgan fingerprint density at radius 3 is 2.68 bits per heavy atom. The van der Waals surface area contributed by atoms with Crippen LogP contribution in [0.2, 0.25) is 0 Å². The smallest absolute Gasteiger partial charge is 0.186 e. The molecule has 206 valence electrons. The molecule has 1 aromatic carbocycles. The Morgan fingerprint density at radius 1 is 1.11 bits per heavy atom. The molecule has 1 saturated heterocycles. The van der Waals surface area contributed by atoms with E-state index >= 15 is 0 Å². The number of hydrogen-bond acceptors (Lipinski definition) is 6. The van der Waals surface area contributed by atoms with E-state index in [0.717, 1.165) is 80.1 Å². The second-order valence-corrected chi connectivity index (χ2v) is 11.9. The number of aryl methyl sites for hydroxylation is 1. The molecule has 2 aromatic rings. The van der Waals surface area contributed by atoms with Gasteiger partial charge in [-0.3, -0.25) is 9.36 Å². The van der Waals surface area contributed by atoms with Crippen LogP contribution in [0.5, 0.6) is 11.5 Å². The molecule has 0 amide bonds. The number of ether oxygens (including phenoxy) is 4. The SMILES string of the molecule is COc1cc2c(cc1OC(C)C)-n1c(C3=CCOCC3)nc(C(=O)C3CCCOCC(C)(C)CC3)c1CC2. The van der Waals surface area contributed by atoms with E-state index in [1.807, 2.05) is 13.8 Å². The van der Waals surface area contributed by atoms with Gasteiger partial charge in [-0.1, -0.05) is 19.9 Å². The number of Topliss-reactive ketones (excluding diaryl/α,β-unsaturated/α-hetero) is 1. The summed E-state index contributed by atoms with van der Waals surface area (Å²) in [5.74, 6) is 2.45. The first-order valence-corrected chi connectivity index (χ1v) is 14.2. The largest absolute Gasteiger partial charge is 0.493 e. The van der Waals surface area contributed by atoms with Gasteiger partial charge in [0.25, 0.3) is 0 Å². The maximum absolute atomic E-state index is 14.2. The van der Waals surface area contributed by atoms with Crippen molar-refractivity contribution in [3.63, 3.8) is 0 Å². The molecule has 3 aliphatic heterocycles. The fraction of sp³-hybridized carbons (Fsp3) is 0.613. The van der Waals surface area contributed by atoms with Crippen molar-refractivity contribution in [2.75, 3.05) is 33.5 Å². The molecule has 1 aromatic heterocycles. The molecule has 4 heterocycles. The van der Waals surface area contributed by atoms with Crippen molar-refractivity contribution in [3.05, 3.63) is 41.0 Å². The number of benzene rings is 1. The summed E-state index contributed by atoms with van der Waals surface area (Å²) in [4.78, 5) is 19.3. The van der Waals surface area contributed by atoms with Crippen molar-refractivity contribution in [1.29, 1.82) is 0 Å². The Bertz CT molecular complexity index is 1210. The van der Waals surface area contributed by atoms with Crippen molar-refractivity contribution >= 4 is 11.4 Å². The van der Waals surface area contributed by atoms with Gasteiger partial charge in [-0.15, -0.1) is 0 Å². The Kier molecular flexibility index (Phi) is 7.96. The van der Waals surface area contributed by atoms with Crippen molar-refractivity contribution in [1.82, 2.24) is 9.55 Å². The number of carbonyl (C=O) groups is 1. The normalized spacial score (nSPS) is 21.4. The molecular weight excluding hydrogens is 480 g/mol. The summed E-state index contributed by atoms with van der Waals surface area (Å²) in [6.45, 7) is 11.2. The molecule has 0 spiro atoms. The number of ketones is 1. The molecule has 0 radical (unpaired) electrons. The van der Waals surface area contributed by atoms with E-state index in [4.69, 9.17) is 23.9 Å². The monoisotopic (exact) mass is 522 g/mol. The Morgan fingerprint density at radius 2 is 1.95 bits per heavy atom. The van der Waals surface area contributed by atoms with Crippen molar-refractivity contribution in [2.24, 2.45) is 11.3 Å². The second kappa shape index (κ2) is 11.2. The molecule has 0 bridgehead atoms. The van der Waals surface area contributed by atoms with Crippen molar-refractivity contribution in [3.8, 4) is 17.2 Å². The molecule has 5 rings (SSSR count). The molecule has 0 saturated carbocycles. The topological polar surface area (TPSA) is 71.8 Å². The zero-order chi connectivity index (χ0) is 26.9. The van der Waals surface area contributed by atoms with E-state index in [1.165, 1.54) is 5.56 Å². The van der Waals surface area contributed by atoms with Crippen LogP contribution >= 0.6 is 0 Å². The minimum atomic E-state index is -0.0378. The van der Waals surface area contributed by atoms with Crippen LogP contribution in [0, 0.1) is 11.3 Å². The second-order valence-electron chi connectivity index (χ2n) is 11.9. The van der Waals surface area contributed by atoms with Gasteiger partial charge in [0.05, 0.1) is 44.4 Å². The number of nitrogens with zero attached hydrogens (tertiary/aromatic N) is 2. The molecule has 38 heavy (non-hydrogen) atoms. The fourth-order valence-electron chi connectivity index (χ4n) is 5.86. The third kappa shape index (κ3) is 5.55. The van der Waals surface area contributed by atoms with E-state index in [0.29, 0.717) is 31.3 Å². The minimum Gasteiger partial charge on any atom is -0.493 e. The number of hydrogen-bond donors (Lipinski definition) is 0. The van der Waals surface area contributed by atoms with Crippen LogP contribution in [-0.4, -0.2) is 55.0 Å². The number of carbonyl (C=O) groups excluding carboxylic acids is 1. The van der Waals surface area contributed by atoms with Gasteiger partial charge < -0.3 is 18.9 Å². The summed E-state index contributed by atoms with van der Waals surface area (Å²) in [7, 11) is 1.68. The third-order valence-electron chi connectivity index (χ3n) is 7.93. The summed E-state index contributed by atoms with van der Waals surface area (Å²) in [5.41, 5.74) is 5.07. The summed E-state index contributed by atoms with van der Waals surface area (Å²) < 4.78 is 25.5. The van der Waals surface area contributed by atoms with E-state index in [-0.39, 0.29) is 23.2 Å². The van der Waals surface area contributed by atoms with Gasteiger partial charge in [0.1, 0.15) is 11.5 Å². The predicted octanol–water partition coefficient (Wildman–Crippen LogP) is 5.99. The fourth-order valence-corrected chi connectivity index (χ4v) is 5.86. The van der Waals surface area contributed by atoms with Gasteiger partial charge in [0.15, 0.2) is 17.3 Å². The number of aromatic nitrogens is 2. The molecule has 3 aliphatic rings. The van der Waals surface area contributed by atoms with E-state index in [9.17, 15) is 4.79 Å². The van der Waals surface area contributed by atoms with Crippen LogP contribution in [0.3, 0.4) is 0 Å². The van der Waals surface area contributed by atoms with E-state index in [2.05, 4.69) is 36.6 Å². The summed E-state index contributed by atoms with van der Waals surface area (Å²) in [5, 5.41) is 0. The highest BCUT2D eigenvalue weighted by Crippen LogP contribution is 2.40. The lowest BCUT2D eigenvalue weighted by Gasteiger charge is -2.26. The Hall–Kier alpha value is -2.64. The van der Waals surface area contributed by atoms with Crippen LogP contribution in [0.1, 0.15) is 87.4 Å². The first-order valence-electron chi connectivity index (χ1n) is 14.2. The van der Waals surface area contributed by atoms with E-state index in [1.54, 1.807) is 7.11 Å². The van der Waals surface area contributed by atoms with Gasteiger partial charge in [-0.2, -0.15) is 0 Å². The molecule has 7 heteroatoms. The quantitative estimate of drug-likeness (QED) is 0.434. The average Bonchev–Trinajstić information content (AvgIpc) is 3.32. The predicted molar refractivity (Wildman–Crippen MR) is 148 cm³/mol. The summed E-state index contributed by atoms with van der Waals surface area (Å²) in [6.07, 6.45) is 8.06. The van der Waals surface area contributed by atoms with Gasteiger partial charge in [0, 0.05) is 18.6 Å². The summed E-state index contributed by atoms with van der Waals surface area (Å²) in [6, 6.07) is 4.15. The van der Waals surface area contributed by atoms with Crippen molar-refractivity contribution in [2.45, 2.75) is 78.7 Å². The summed E-state index contributed by atoms with van der Waals surface area (Å²) >= 11 is 0. The molecule has 1 fully saturated rings. The van der Waals surface area contributed by atoms with Crippen LogP contribution < -0.4 is 9.47 Å². The van der Waals surface area contributed by atoms with Crippen molar-refractivity contribution < 1.29 is 23.7 Å². The zero-order valence-corrected chi connectivity index (χ0v) is 23.6. The molecule has 1 unspecified atom stereocenters. The number of methoxy groups -OCH3 is 1. The van der Waals surface area contributed by atoms with Gasteiger partial charge in [-0.25, -0.2) is 4.98 Å². The lowest BCUT2D eigenvalue weighted by atomic mass is 9.82. The number of fused-ring (bicyclic) bond motifs is 3. The number of imidazole rings is 1. The van der Waals surface area contributed by atoms with Gasteiger partial charge in [-0.05, 0) is 81.4 Å². The van der Waals surface area contributed by atoms with Crippen LogP contribution in [-0.2, 0) is 22.3 Å². The molecule has 0 aliphatic carbocycles. The van der Waals surface area contributed by atoms with Crippen LogP contribution in [0.15, 0.2) is 18.2 Å². The zero-order valence-electron chi connectivity index (χ0n) is 23.6. The highest BCUT2D eigenvalue weighted by atomic mass is 16.5. The Balaban J connectivity index is 1.60. The first kappa shape index (κ1) is 26.9. The number of rotatable bonds is 6. The van der Waals surface area contributed by atoms with Gasteiger partial charge in [0.2, 0.25) is 0 Å². The Labute approximate surface area is 226 Å². The molecule has 1 atom stereocenters. The van der Waals surface area contributed by atoms with Gasteiger partial charge >= 0.3 is 0 Å². The lowest BCUT2D eigenvalue weighted by molar-refractivity contribution is 0.0606. The average molecular weight is 523 g/mol. The standard InChI is InChI=1S/C31H42N2O5/c1-20(2)38-27-18-25-23(17-26(27)35-5)8-9-24-28(32-30(33(24)25)22-11-15-36-16-12-22)29(34)21-7-6-14-37-19-31(3,4)13-10-21/h11,17-18,20-21H,6-10,12-16,19H2,1-5H3. The highest BCUT2D eigenvalue weighted by Gasteiger charge is 2.34. The van der Waals surface area contributed by atoms with Crippen LogP contribution in [0.4, 0.5) is 0 Å². The van der Waals surface area contributed by atoms with E-state index < -0.39 is 0 Å². The first-order chi connectivity index (χ1) is 18.3. The maximum Gasteiger partial charge on any atom is 0.186 e. The molecule has 7 nitrogen and oxygen atoms in total. The minimum absolute atomic E-state index is 0.0132. The van der Waals surface area contributed by atoms with Crippen LogP contribution in [0.25, 0.3) is 11.3 Å². The maximum atomic E-state index is 14.2. The lowest BCUT2D eigenvalue weighted by Crippen LogP contribution is -2.23. The third-order valence-corrected chi connectivity index (χ3v) is 7.93.